The summed E-state index contributed by atoms with van der Waals surface area (Å²) in [7, 11) is 0. The van der Waals surface area contributed by atoms with E-state index in [1.54, 1.807) is 18.4 Å². The van der Waals surface area contributed by atoms with Crippen molar-refractivity contribution in [2.24, 2.45) is 0 Å². The summed E-state index contributed by atoms with van der Waals surface area (Å²) in [6, 6.07) is 5.39. The Balaban J connectivity index is 2.02. The summed E-state index contributed by atoms with van der Waals surface area (Å²) >= 11 is 0. The fourth-order valence-electron chi connectivity index (χ4n) is 1.62. The second kappa shape index (κ2) is 5.27. The Labute approximate surface area is 102 Å². The fraction of sp³-hybridized carbons (Fsp3) is 0.231. The van der Waals surface area contributed by atoms with Crippen molar-refractivity contribution in [1.29, 1.82) is 0 Å². The van der Waals surface area contributed by atoms with Gasteiger partial charge in [0.2, 0.25) is 0 Å². The van der Waals surface area contributed by atoms with E-state index >= 15 is 0 Å². The maximum absolute atomic E-state index is 13.0. The molecule has 96 valence electrons. The van der Waals surface area contributed by atoms with Gasteiger partial charge < -0.3 is 9.73 Å². The summed E-state index contributed by atoms with van der Waals surface area (Å²) in [6.07, 6.45) is 1.55. The van der Waals surface area contributed by atoms with E-state index in [0.717, 1.165) is 17.9 Å². The van der Waals surface area contributed by atoms with Crippen LogP contribution in [0.3, 0.4) is 0 Å². The zero-order valence-electron chi connectivity index (χ0n) is 9.71. The largest absolute Gasteiger partial charge is 0.468 e. The Morgan fingerprint density at radius 1 is 1.22 bits per heavy atom. The summed E-state index contributed by atoms with van der Waals surface area (Å²) < 4.78 is 43.9. The monoisotopic (exact) mass is 255 g/mol. The van der Waals surface area contributed by atoms with Crippen LogP contribution in [0.2, 0.25) is 0 Å². The molecule has 0 bridgehead atoms. The lowest BCUT2D eigenvalue weighted by Crippen LogP contribution is -2.18. The van der Waals surface area contributed by atoms with Gasteiger partial charge in [-0.15, -0.1) is 0 Å². The number of hydrogen-bond acceptors (Lipinski definition) is 2. The lowest BCUT2D eigenvalue weighted by atomic mass is 10.2. The average molecular weight is 255 g/mol. The minimum Gasteiger partial charge on any atom is -0.468 e. The van der Waals surface area contributed by atoms with E-state index in [2.05, 4.69) is 5.32 Å². The Kier molecular flexibility index (Phi) is 3.72. The normalized spacial score (nSPS) is 12.7. The van der Waals surface area contributed by atoms with Gasteiger partial charge in [0.25, 0.3) is 0 Å². The third-order valence-electron chi connectivity index (χ3n) is 2.63. The molecule has 18 heavy (non-hydrogen) atoms. The van der Waals surface area contributed by atoms with Crippen molar-refractivity contribution in [3.05, 3.63) is 59.3 Å². The predicted molar refractivity (Wildman–Crippen MR) is 60.3 cm³/mol. The molecule has 2 rings (SSSR count). The van der Waals surface area contributed by atoms with Gasteiger partial charge in [0.15, 0.2) is 17.5 Å². The van der Waals surface area contributed by atoms with Crippen molar-refractivity contribution < 1.29 is 17.6 Å². The van der Waals surface area contributed by atoms with Gasteiger partial charge in [0.1, 0.15) is 5.76 Å². The number of benzene rings is 1. The zero-order valence-corrected chi connectivity index (χ0v) is 9.71. The molecule has 0 spiro atoms. The van der Waals surface area contributed by atoms with Crippen LogP contribution in [-0.2, 0) is 6.54 Å². The van der Waals surface area contributed by atoms with E-state index in [1.807, 2.05) is 6.92 Å². The van der Waals surface area contributed by atoms with Crippen molar-refractivity contribution in [3.63, 3.8) is 0 Å². The van der Waals surface area contributed by atoms with E-state index in [0.29, 0.717) is 5.56 Å². The highest BCUT2D eigenvalue weighted by molar-refractivity contribution is 5.19. The summed E-state index contributed by atoms with van der Waals surface area (Å²) in [5.74, 6) is -3.09. The van der Waals surface area contributed by atoms with Crippen LogP contribution in [0, 0.1) is 17.5 Å². The first-order valence-electron chi connectivity index (χ1n) is 5.48. The van der Waals surface area contributed by atoms with Gasteiger partial charge in [-0.05, 0) is 36.8 Å². The third kappa shape index (κ3) is 2.73. The Morgan fingerprint density at radius 2 is 1.89 bits per heavy atom. The highest BCUT2D eigenvalue weighted by atomic mass is 19.2. The van der Waals surface area contributed by atoms with Gasteiger partial charge >= 0.3 is 0 Å². The number of hydrogen-bond donors (Lipinski definition) is 1. The minimum absolute atomic E-state index is 0.101. The molecular formula is C13H12F3NO. The molecular weight excluding hydrogens is 243 g/mol. The van der Waals surface area contributed by atoms with E-state index in [-0.39, 0.29) is 12.6 Å². The van der Waals surface area contributed by atoms with Crippen molar-refractivity contribution >= 4 is 0 Å². The van der Waals surface area contributed by atoms with Gasteiger partial charge in [-0.3, -0.25) is 0 Å². The molecule has 0 amide bonds. The second-order valence-corrected chi connectivity index (χ2v) is 3.99. The van der Waals surface area contributed by atoms with E-state index in [1.165, 1.54) is 0 Å². The van der Waals surface area contributed by atoms with Crippen LogP contribution < -0.4 is 5.32 Å². The molecule has 0 aliphatic carbocycles. The van der Waals surface area contributed by atoms with Gasteiger partial charge in [0, 0.05) is 6.54 Å². The van der Waals surface area contributed by atoms with E-state index < -0.39 is 17.5 Å². The number of halogens is 3. The molecule has 0 radical (unpaired) electrons. The summed E-state index contributed by atoms with van der Waals surface area (Å²) in [4.78, 5) is 0. The molecule has 2 aromatic rings. The molecule has 0 aliphatic heterocycles. The van der Waals surface area contributed by atoms with Crippen LogP contribution in [0.15, 0.2) is 34.9 Å². The maximum Gasteiger partial charge on any atom is 0.194 e. The zero-order chi connectivity index (χ0) is 13.1. The lowest BCUT2D eigenvalue weighted by molar-refractivity contribution is 0.424. The first-order chi connectivity index (χ1) is 8.58. The van der Waals surface area contributed by atoms with E-state index in [4.69, 9.17) is 4.42 Å². The molecule has 1 N–H and O–H groups in total. The summed E-state index contributed by atoms with van der Waals surface area (Å²) in [5, 5.41) is 3.03. The van der Waals surface area contributed by atoms with Crippen LogP contribution in [0.5, 0.6) is 0 Å². The average Bonchev–Trinajstić information content (AvgIpc) is 2.86. The van der Waals surface area contributed by atoms with Crippen molar-refractivity contribution in [2.75, 3.05) is 0 Å². The first kappa shape index (κ1) is 12.7. The molecule has 0 fully saturated rings. The molecule has 0 unspecified atom stereocenters. The van der Waals surface area contributed by atoms with Crippen LogP contribution in [0.1, 0.15) is 24.3 Å². The van der Waals surface area contributed by atoms with Gasteiger partial charge in [0.05, 0.1) is 12.3 Å². The topological polar surface area (TPSA) is 25.2 Å². The molecule has 1 atom stereocenters. The van der Waals surface area contributed by atoms with Gasteiger partial charge in [-0.2, -0.15) is 0 Å². The smallest absolute Gasteiger partial charge is 0.194 e. The molecule has 0 saturated carbocycles. The van der Waals surface area contributed by atoms with Gasteiger partial charge in [-0.1, -0.05) is 0 Å². The molecule has 0 aliphatic rings. The Morgan fingerprint density at radius 3 is 2.44 bits per heavy atom. The third-order valence-corrected chi connectivity index (χ3v) is 2.63. The standard InChI is InChI=1S/C13H12F3NO/c1-8(12-3-2-4-18-12)17-7-9-5-10(14)13(16)11(15)6-9/h2-6,8,17H,7H2,1H3/t8-/m1/s1. The lowest BCUT2D eigenvalue weighted by Gasteiger charge is -2.11. The van der Waals surface area contributed by atoms with Crippen molar-refractivity contribution in [1.82, 2.24) is 5.32 Å². The second-order valence-electron chi connectivity index (χ2n) is 3.99. The van der Waals surface area contributed by atoms with Gasteiger partial charge in [-0.25, -0.2) is 13.2 Å². The first-order valence-corrected chi connectivity index (χ1v) is 5.48. The van der Waals surface area contributed by atoms with E-state index in [9.17, 15) is 13.2 Å². The Bertz CT molecular complexity index is 502. The Hall–Kier alpha value is -1.75. The van der Waals surface area contributed by atoms with Crippen LogP contribution in [0.25, 0.3) is 0 Å². The molecule has 0 saturated heterocycles. The molecule has 1 aromatic heterocycles. The highest BCUT2D eigenvalue weighted by Crippen LogP contribution is 2.16. The minimum atomic E-state index is -1.45. The molecule has 1 heterocycles. The fourth-order valence-corrected chi connectivity index (χ4v) is 1.62. The quantitative estimate of drug-likeness (QED) is 0.845. The maximum atomic E-state index is 13.0. The van der Waals surface area contributed by atoms with Crippen molar-refractivity contribution in [3.8, 4) is 0 Å². The summed E-state index contributed by atoms with van der Waals surface area (Å²) in [6.45, 7) is 2.07. The van der Waals surface area contributed by atoms with Crippen LogP contribution in [0.4, 0.5) is 13.2 Å². The van der Waals surface area contributed by atoms with Crippen LogP contribution in [-0.4, -0.2) is 0 Å². The summed E-state index contributed by atoms with van der Waals surface area (Å²) in [5.41, 5.74) is 0.338. The molecule has 5 heteroatoms. The van der Waals surface area contributed by atoms with Crippen LogP contribution >= 0.6 is 0 Å². The number of furan rings is 1. The highest BCUT2D eigenvalue weighted by Gasteiger charge is 2.12. The number of rotatable bonds is 4. The predicted octanol–water partition coefficient (Wildman–Crippen LogP) is 3.55. The molecule has 2 nitrogen and oxygen atoms in total. The number of nitrogens with one attached hydrogen (secondary N) is 1. The van der Waals surface area contributed by atoms with Crippen molar-refractivity contribution in [2.45, 2.75) is 19.5 Å². The molecule has 1 aromatic carbocycles. The SMILES string of the molecule is C[C@@H](NCc1cc(F)c(F)c(F)c1)c1ccco1.